The van der Waals surface area contributed by atoms with E-state index in [0.717, 1.165) is 19.5 Å². The van der Waals surface area contributed by atoms with Crippen LogP contribution in [0, 0.1) is 0 Å². The number of hydrogen-bond donors (Lipinski definition) is 1. The van der Waals surface area contributed by atoms with E-state index >= 15 is 0 Å². The number of rotatable bonds is 4. The monoisotopic (exact) mass is 211 g/mol. The lowest BCUT2D eigenvalue weighted by molar-refractivity contribution is -0.143. The van der Waals surface area contributed by atoms with Gasteiger partial charge in [-0.15, -0.1) is 0 Å². The van der Waals surface area contributed by atoms with E-state index in [4.69, 9.17) is 5.73 Å². The first-order valence-corrected chi connectivity index (χ1v) is 6.01. The molecular weight excluding hydrogens is 190 g/mol. The Hall–Kier alpha value is -0.610. The van der Waals surface area contributed by atoms with E-state index in [1.165, 1.54) is 19.3 Å². The minimum absolute atomic E-state index is 0.182. The molecule has 0 aromatic rings. The highest BCUT2D eigenvalue weighted by molar-refractivity contribution is 5.77. The maximum atomic E-state index is 11.7. The highest BCUT2D eigenvalue weighted by atomic mass is 16.2. The summed E-state index contributed by atoms with van der Waals surface area (Å²) in [7, 11) is 0. The Morgan fingerprint density at radius 2 is 2.27 bits per heavy atom. The van der Waals surface area contributed by atoms with E-state index < -0.39 is 0 Å². The number of carbonyl (C=O) groups excluding carboxylic acids is 1. The molecule has 0 aromatic heterocycles. The van der Waals surface area contributed by atoms with E-state index in [1.807, 2.05) is 11.9 Å². The Balaban J connectivity index is 1.89. The smallest absolute Gasteiger partial charge is 0.238 e. The number of hydrogen-bond acceptors (Lipinski definition) is 3. The molecule has 1 amide bonds. The summed E-state index contributed by atoms with van der Waals surface area (Å²) in [6.07, 6.45) is 5.41. The second-order valence-electron chi connectivity index (χ2n) is 4.78. The fourth-order valence-corrected chi connectivity index (χ4v) is 2.25. The SMILES string of the molecule is CC(N)CCN1C(=O)CCN1C1CCC1. The summed E-state index contributed by atoms with van der Waals surface area (Å²) in [6.45, 7) is 3.71. The molecule has 1 aliphatic heterocycles. The summed E-state index contributed by atoms with van der Waals surface area (Å²) < 4.78 is 0. The van der Waals surface area contributed by atoms with Crippen LogP contribution < -0.4 is 5.73 Å². The molecule has 1 unspecified atom stereocenters. The molecule has 4 nitrogen and oxygen atoms in total. The van der Waals surface area contributed by atoms with Crippen LogP contribution in [0.5, 0.6) is 0 Å². The van der Waals surface area contributed by atoms with Crippen LogP contribution in [0.1, 0.15) is 39.0 Å². The van der Waals surface area contributed by atoms with Gasteiger partial charge in [0, 0.05) is 31.6 Å². The van der Waals surface area contributed by atoms with Gasteiger partial charge in [-0.3, -0.25) is 9.80 Å². The van der Waals surface area contributed by atoms with Gasteiger partial charge in [-0.2, -0.15) is 0 Å². The van der Waals surface area contributed by atoms with Gasteiger partial charge >= 0.3 is 0 Å². The van der Waals surface area contributed by atoms with E-state index in [-0.39, 0.29) is 11.9 Å². The molecule has 4 heteroatoms. The molecule has 0 bridgehead atoms. The van der Waals surface area contributed by atoms with Crippen molar-refractivity contribution in [3.63, 3.8) is 0 Å². The molecule has 1 aliphatic carbocycles. The van der Waals surface area contributed by atoms with Crippen molar-refractivity contribution in [1.29, 1.82) is 0 Å². The lowest BCUT2D eigenvalue weighted by Crippen LogP contribution is -2.49. The zero-order valence-corrected chi connectivity index (χ0v) is 9.48. The van der Waals surface area contributed by atoms with Gasteiger partial charge in [0.2, 0.25) is 5.91 Å². The Bertz CT molecular complexity index is 238. The standard InChI is InChI=1S/C11H21N3O/c1-9(12)5-7-14-11(15)6-8-13(14)10-3-2-4-10/h9-10H,2-8,12H2,1H3. The van der Waals surface area contributed by atoms with E-state index in [1.54, 1.807) is 0 Å². The molecular formula is C11H21N3O. The van der Waals surface area contributed by atoms with Crippen LogP contribution >= 0.6 is 0 Å². The van der Waals surface area contributed by atoms with Crippen LogP contribution in [0.25, 0.3) is 0 Å². The minimum atomic E-state index is 0.182. The Kier molecular flexibility index (Phi) is 3.26. The van der Waals surface area contributed by atoms with Gasteiger partial charge in [-0.05, 0) is 26.2 Å². The number of nitrogens with zero attached hydrogens (tertiary/aromatic N) is 2. The van der Waals surface area contributed by atoms with Gasteiger partial charge < -0.3 is 5.73 Å². The van der Waals surface area contributed by atoms with E-state index in [2.05, 4.69) is 5.01 Å². The second-order valence-corrected chi connectivity index (χ2v) is 4.78. The maximum Gasteiger partial charge on any atom is 0.238 e. The van der Waals surface area contributed by atoms with Gasteiger partial charge in [-0.1, -0.05) is 6.42 Å². The van der Waals surface area contributed by atoms with Gasteiger partial charge in [-0.25, -0.2) is 5.01 Å². The predicted octanol–water partition coefficient (Wildman–Crippen LogP) is 0.725. The molecule has 2 N–H and O–H groups in total. The zero-order valence-electron chi connectivity index (χ0n) is 9.48. The van der Waals surface area contributed by atoms with Crippen molar-refractivity contribution in [3.05, 3.63) is 0 Å². The number of hydrazine groups is 1. The second kappa shape index (κ2) is 4.49. The van der Waals surface area contributed by atoms with Crippen LogP contribution in [0.15, 0.2) is 0 Å². The molecule has 2 rings (SSSR count). The summed E-state index contributed by atoms with van der Waals surface area (Å²) in [4.78, 5) is 11.7. The summed E-state index contributed by atoms with van der Waals surface area (Å²) in [5, 5.41) is 4.21. The summed E-state index contributed by atoms with van der Waals surface area (Å²) >= 11 is 0. The lowest BCUT2D eigenvalue weighted by Gasteiger charge is -2.40. The maximum absolute atomic E-state index is 11.7. The molecule has 15 heavy (non-hydrogen) atoms. The topological polar surface area (TPSA) is 49.6 Å². The highest BCUT2D eigenvalue weighted by Gasteiger charge is 2.36. The van der Waals surface area contributed by atoms with Crippen LogP contribution in [0.3, 0.4) is 0 Å². The largest absolute Gasteiger partial charge is 0.328 e. The first-order valence-electron chi connectivity index (χ1n) is 6.01. The molecule has 1 saturated carbocycles. The van der Waals surface area contributed by atoms with Crippen molar-refractivity contribution >= 4 is 5.91 Å². The van der Waals surface area contributed by atoms with Crippen molar-refractivity contribution in [2.45, 2.75) is 51.1 Å². The average molecular weight is 211 g/mol. The number of carbonyl (C=O) groups is 1. The summed E-state index contributed by atoms with van der Waals surface area (Å²) in [5.41, 5.74) is 5.73. The van der Waals surface area contributed by atoms with Crippen LogP contribution in [-0.2, 0) is 4.79 Å². The third-order valence-corrected chi connectivity index (χ3v) is 3.45. The van der Waals surface area contributed by atoms with E-state index in [9.17, 15) is 4.79 Å². The quantitative estimate of drug-likeness (QED) is 0.745. The fraction of sp³-hybridized carbons (Fsp3) is 0.909. The van der Waals surface area contributed by atoms with Crippen molar-refractivity contribution in [2.24, 2.45) is 5.73 Å². The summed E-state index contributed by atoms with van der Waals surface area (Å²) in [6, 6.07) is 0.811. The Labute approximate surface area is 91.4 Å². The average Bonchev–Trinajstić information content (AvgIpc) is 2.42. The number of amides is 1. The molecule has 2 aliphatic rings. The van der Waals surface area contributed by atoms with Gasteiger partial charge in [0.05, 0.1) is 0 Å². The Morgan fingerprint density at radius 1 is 1.53 bits per heavy atom. The van der Waals surface area contributed by atoms with Crippen molar-refractivity contribution in [2.75, 3.05) is 13.1 Å². The Morgan fingerprint density at radius 3 is 2.80 bits per heavy atom. The third kappa shape index (κ3) is 2.32. The molecule has 0 spiro atoms. The van der Waals surface area contributed by atoms with Crippen LogP contribution in [0.2, 0.25) is 0 Å². The molecule has 0 radical (unpaired) electrons. The highest BCUT2D eigenvalue weighted by Crippen LogP contribution is 2.29. The number of nitrogens with two attached hydrogens (primary N) is 1. The van der Waals surface area contributed by atoms with Crippen molar-refractivity contribution in [3.8, 4) is 0 Å². The molecule has 2 fully saturated rings. The summed E-state index contributed by atoms with van der Waals surface area (Å²) in [5.74, 6) is 0.280. The minimum Gasteiger partial charge on any atom is -0.328 e. The molecule has 1 atom stereocenters. The third-order valence-electron chi connectivity index (χ3n) is 3.45. The predicted molar refractivity (Wildman–Crippen MR) is 58.9 cm³/mol. The van der Waals surface area contributed by atoms with Crippen LogP contribution in [0.4, 0.5) is 0 Å². The van der Waals surface area contributed by atoms with Crippen LogP contribution in [-0.4, -0.2) is 41.1 Å². The zero-order chi connectivity index (χ0) is 10.8. The van der Waals surface area contributed by atoms with E-state index in [0.29, 0.717) is 12.5 Å². The lowest BCUT2D eigenvalue weighted by atomic mass is 9.92. The van der Waals surface area contributed by atoms with Gasteiger partial charge in [0.25, 0.3) is 0 Å². The fourth-order valence-electron chi connectivity index (χ4n) is 2.25. The first kappa shape index (κ1) is 10.9. The van der Waals surface area contributed by atoms with Crippen molar-refractivity contribution < 1.29 is 4.79 Å². The normalized spacial score (nSPS) is 25.7. The van der Waals surface area contributed by atoms with Crippen molar-refractivity contribution in [1.82, 2.24) is 10.0 Å². The van der Waals surface area contributed by atoms with Gasteiger partial charge in [0.1, 0.15) is 0 Å². The first-order chi connectivity index (χ1) is 7.18. The molecule has 1 heterocycles. The molecule has 86 valence electrons. The molecule has 1 saturated heterocycles. The molecule has 0 aromatic carbocycles. The van der Waals surface area contributed by atoms with Gasteiger partial charge in [0.15, 0.2) is 0 Å².